The van der Waals surface area contributed by atoms with Gasteiger partial charge in [-0.05, 0) is 75.4 Å². The lowest BCUT2D eigenvalue weighted by Crippen LogP contribution is -2.38. The van der Waals surface area contributed by atoms with E-state index in [4.69, 9.17) is 27.9 Å². The molecule has 1 heterocycles. The highest BCUT2D eigenvalue weighted by Gasteiger charge is 2.35. The average molecular weight is 603 g/mol. The summed E-state index contributed by atoms with van der Waals surface area (Å²) in [5, 5.41) is 6.23. The molecule has 0 aliphatic carbocycles. The maximum atomic E-state index is 12.9. The minimum Gasteiger partial charge on any atom is -0.486 e. The maximum Gasteiger partial charge on any atom is 0.329 e. The van der Waals surface area contributed by atoms with E-state index in [-0.39, 0.29) is 12.3 Å². The molecule has 1 aliphatic rings. The number of ether oxygens (including phenoxy) is 1. The second-order valence-electron chi connectivity index (χ2n) is 8.17. The average Bonchev–Trinajstić information content (AvgIpc) is 3.12. The Labute approximate surface area is 232 Å². The first kappa shape index (κ1) is 26.7. The van der Waals surface area contributed by atoms with Crippen molar-refractivity contribution in [3.8, 4) is 5.75 Å². The van der Waals surface area contributed by atoms with E-state index >= 15 is 0 Å². The van der Waals surface area contributed by atoms with E-state index in [2.05, 4.69) is 26.6 Å². The smallest absolute Gasteiger partial charge is 0.329 e. The third-order valence-corrected chi connectivity index (χ3v) is 6.69. The summed E-state index contributed by atoms with van der Waals surface area (Å²) in [4.78, 5) is 38.7. The summed E-state index contributed by atoms with van der Waals surface area (Å²) in [6, 6.07) is 17.3. The van der Waals surface area contributed by atoms with Crippen molar-refractivity contribution in [2.75, 3.05) is 11.9 Å². The standard InChI is InChI=1S/C27H22BrCl2N3O4/c1-2-18-5-3-4-6-22(18)31-24(34)14-33-26(35)23(32-27(33)36)13-17-11-20(28)25(21(30)12-17)37-15-16-7-9-19(29)10-8-16/h3-13H,2,14-15H2,1H3,(H,31,34)(H,32,36)/b23-13+. The van der Waals surface area contributed by atoms with Crippen molar-refractivity contribution in [1.82, 2.24) is 10.2 Å². The van der Waals surface area contributed by atoms with Gasteiger partial charge in [-0.2, -0.15) is 0 Å². The minimum absolute atomic E-state index is 0.0320. The molecule has 3 aromatic rings. The molecular weight excluding hydrogens is 581 g/mol. The largest absolute Gasteiger partial charge is 0.486 e. The monoisotopic (exact) mass is 601 g/mol. The fraction of sp³-hybridized carbons (Fsp3) is 0.148. The summed E-state index contributed by atoms with van der Waals surface area (Å²) in [6.07, 6.45) is 2.22. The summed E-state index contributed by atoms with van der Waals surface area (Å²) in [5.41, 5.74) is 3.11. The molecule has 0 radical (unpaired) electrons. The summed E-state index contributed by atoms with van der Waals surface area (Å²) in [7, 11) is 0. The van der Waals surface area contributed by atoms with Crippen molar-refractivity contribution in [1.29, 1.82) is 0 Å². The molecule has 0 bridgehead atoms. The molecule has 37 heavy (non-hydrogen) atoms. The fourth-order valence-corrected chi connectivity index (χ4v) is 4.82. The van der Waals surface area contributed by atoms with Gasteiger partial charge in [0, 0.05) is 10.7 Å². The highest BCUT2D eigenvalue weighted by atomic mass is 79.9. The zero-order valence-corrected chi connectivity index (χ0v) is 22.8. The molecule has 0 spiro atoms. The van der Waals surface area contributed by atoms with E-state index in [9.17, 15) is 14.4 Å². The van der Waals surface area contributed by atoms with Gasteiger partial charge in [-0.25, -0.2) is 9.69 Å². The van der Waals surface area contributed by atoms with Crippen molar-refractivity contribution in [3.63, 3.8) is 0 Å². The number of urea groups is 1. The van der Waals surface area contributed by atoms with Crippen molar-refractivity contribution in [2.24, 2.45) is 0 Å². The summed E-state index contributed by atoms with van der Waals surface area (Å²) >= 11 is 15.8. The van der Waals surface area contributed by atoms with E-state index in [0.29, 0.717) is 31.5 Å². The Balaban J connectivity index is 1.44. The lowest BCUT2D eigenvalue weighted by Gasteiger charge is -2.13. The number of halogens is 3. The topological polar surface area (TPSA) is 87.7 Å². The number of nitrogens with one attached hydrogen (secondary N) is 2. The molecule has 0 unspecified atom stereocenters. The number of carbonyl (C=O) groups is 3. The zero-order valence-electron chi connectivity index (χ0n) is 19.7. The van der Waals surface area contributed by atoms with Crippen LogP contribution in [-0.4, -0.2) is 29.3 Å². The number of anilines is 1. The summed E-state index contributed by atoms with van der Waals surface area (Å²) in [5.74, 6) is -0.649. The predicted octanol–water partition coefficient (Wildman–Crippen LogP) is 6.43. The van der Waals surface area contributed by atoms with Crippen LogP contribution in [-0.2, 0) is 22.6 Å². The Morgan fingerprint density at radius 2 is 1.84 bits per heavy atom. The molecule has 4 amide bonds. The highest BCUT2D eigenvalue weighted by molar-refractivity contribution is 9.10. The van der Waals surface area contributed by atoms with Gasteiger partial charge >= 0.3 is 6.03 Å². The molecular formula is C27H22BrCl2N3O4. The third kappa shape index (κ3) is 6.52. The van der Waals surface area contributed by atoms with E-state index < -0.39 is 24.4 Å². The number of hydrogen-bond donors (Lipinski definition) is 2. The number of imide groups is 1. The van der Waals surface area contributed by atoms with Crippen LogP contribution in [0.25, 0.3) is 6.08 Å². The highest BCUT2D eigenvalue weighted by Crippen LogP contribution is 2.36. The first-order valence-corrected chi connectivity index (χ1v) is 12.9. The van der Waals surface area contributed by atoms with Gasteiger partial charge in [-0.1, -0.05) is 60.5 Å². The third-order valence-electron chi connectivity index (χ3n) is 5.56. The SMILES string of the molecule is CCc1ccccc1NC(=O)CN1C(=O)N/C(=C/c2cc(Cl)c(OCc3ccc(Cl)cc3)c(Br)c2)C1=O. The molecule has 0 aromatic heterocycles. The Morgan fingerprint density at radius 3 is 2.54 bits per heavy atom. The number of aryl methyl sites for hydroxylation is 1. The number of para-hydroxylation sites is 1. The second kappa shape index (κ2) is 11.8. The van der Waals surface area contributed by atoms with E-state index in [1.165, 1.54) is 6.08 Å². The number of carbonyl (C=O) groups excluding carboxylic acids is 3. The van der Waals surface area contributed by atoms with Gasteiger partial charge in [0.2, 0.25) is 5.91 Å². The van der Waals surface area contributed by atoms with Crippen LogP contribution in [0.15, 0.2) is 70.8 Å². The lowest BCUT2D eigenvalue weighted by atomic mass is 10.1. The second-order valence-corrected chi connectivity index (χ2v) is 9.87. The van der Waals surface area contributed by atoms with Gasteiger partial charge in [-0.3, -0.25) is 9.59 Å². The summed E-state index contributed by atoms with van der Waals surface area (Å²) in [6.45, 7) is 1.84. The van der Waals surface area contributed by atoms with Crippen LogP contribution in [0, 0.1) is 0 Å². The maximum absolute atomic E-state index is 12.9. The first-order chi connectivity index (χ1) is 17.7. The van der Waals surface area contributed by atoms with E-state index in [1.807, 2.05) is 31.2 Å². The number of benzene rings is 3. The predicted molar refractivity (Wildman–Crippen MR) is 148 cm³/mol. The molecule has 2 N–H and O–H groups in total. The first-order valence-electron chi connectivity index (χ1n) is 11.3. The molecule has 10 heteroatoms. The van der Waals surface area contributed by atoms with Crippen molar-refractivity contribution < 1.29 is 19.1 Å². The van der Waals surface area contributed by atoms with Crippen LogP contribution >= 0.6 is 39.1 Å². The molecule has 190 valence electrons. The number of amides is 4. The molecule has 0 saturated carbocycles. The van der Waals surface area contributed by atoms with Gasteiger partial charge in [0.05, 0.1) is 9.50 Å². The van der Waals surface area contributed by atoms with Crippen LogP contribution in [0.2, 0.25) is 10.0 Å². The Morgan fingerprint density at radius 1 is 1.11 bits per heavy atom. The number of hydrogen-bond acceptors (Lipinski definition) is 4. The van der Waals surface area contributed by atoms with Crippen LogP contribution in [0.5, 0.6) is 5.75 Å². The van der Waals surface area contributed by atoms with E-state index in [0.717, 1.165) is 22.4 Å². The molecule has 1 saturated heterocycles. The molecule has 1 fully saturated rings. The molecule has 1 aliphatic heterocycles. The van der Waals surface area contributed by atoms with Crippen LogP contribution in [0.3, 0.4) is 0 Å². The van der Waals surface area contributed by atoms with Crippen LogP contribution in [0.4, 0.5) is 10.5 Å². The van der Waals surface area contributed by atoms with Gasteiger partial charge in [-0.15, -0.1) is 0 Å². The molecule has 3 aromatic carbocycles. The quantitative estimate of drug-likeness (QED) is 0.230. The molecule has 0 atom stereocenters. The van der Waals surface area contributed by atoms with Crippen molar-refractivity contribution in [3.05, 3.63) is 97.6 Å². The lowest BCUT2D eigenvalue weighted by molar-refractivity contribution is -0.127. The van der Waals surface area contributed by atoms with Gasteiger partial charge in [0.25, 0.3) is 5.91 Å². The molecule has 4 rings (SSSR count). The Kier molecular flexibility index (Phi) is 8.53. The van der Waals surface area contributed by atoms with Gasteiger partial charge in [0.15, 0.2) is 5.75 Å². The van der Waals surface area contributed by atoms with Crippen LogP contribution < -0.4 is 15.4 Å². The number of rotatable bonds is 8. The van der Waals surface area contributed by atoms with Crippen molar-refractivity contribution >= 4 is 68.7 Å². The summed E-state index contributed by atoms with van der Waals surface area (Å²) < 4.78 is 6.42. The number of nitrogens with zero attached hydrogens (tertiary/aromatic N) is 1. The fourth-order valence-electron chi connectivity index (χ4n) is 3.70. The Bertz CT molecular complexity index is 1370. The minimum atomic E-state index is -0.678. The van der Waals surface area contributed by atoms with Crippen LogP contribution in [0.1, 0.15) is 23.6 Å². The van der Waals surface area contributed by atoms with E-state index in [1.54, 1.807) is 36.4 Å². The zero-order chi connectivity index (χ0) is 26.5. The van der Waals surface area contributed by atoms with Gasteiger partial charge in [0.1, 0.15) is 18.8 Å². The van der Waals surface area contributed by atoms with Crippen molar-refractivity contribution in [2.45, 2.75) is 20.0 Å². The normalized spacial score (nSPS) is 14.2. The Hall–Kier alpha value is -3.33. The van der Waals surface area contributed by atoms with Gasteiger partial charge < -0.3 is 15.4 Å². The molecule has 7 nitrogen and oxygen atoms in total.